The molecule has 0 aliphatic carbocycles. The first-order valence-corrected chi connectivity index (χ1v) is 10.1. The average molecular weight is 369 g/mol. The van der Waals surface area contributed by atoms with E-state index in [1.807, 2.05) is 70.7 Å². The van der Waals surface area contributed by atoms with Crippen LogP contribution in [0.4, 0.5) is 0 Å². The minimum Gasteiger partial charge on any atom is -0.339 e. The number of piperazine rings is 1. The zero-order valence-electron chi connectivity index (χ0n) is 15.1. The van der Waals surface area contributed by atoms with Crippen LogP contribution in [-0.2, 0) is 22.4 Å². The monoisotopic (exact) mass is 368 g/mol. The minimum atomic E-state index is 0.135. The first kappa shape index (κ1) is 18.5. The van der Waals surface area contributed by atoms with Crippen LogP contribution in [0.3, 0.4) is 0 Å². The minimum absolute atomic E-state index is 0.135. The SMILES string of the molecule is CSc1ccc(CC(=O)N2CCN(C(=O)Cc3ccccc3)CC2)cc1. The van der Waals surface area contributed by atoms with E-state index in [1.165, 1.54) is 4.90 Å². The Kier molecular flexibility index (Phi) is 6.34. The fraction of sp³-hybridized carbons (Fsp3) is 0.333. The molecule has 0 saturated carbocycles. The number of nitrogens with zero attached hydrogens (tertiary/aromatic N) is 2. The third-order valence-corrected chi connectivity index (χ3v) is 5.44. The van der Waals surface area contributed by atoms with Crippen LogP contribution in [0.15, 0.2) is 59.5 Å². The number of hydrogen-bond acceptors (Lipinski definition) is 3. The van der Waals surface area contributed by atoms with E-state index in [2.05, 4.69) is 0 Å². The fourth-order valence-electron chi connectivity index (χ4n) is 3.12. The molecule has 136 valence electrons. The molecule has 0 N–H and O–H groups in total. The Morgan fingerprint density at radius 1 is 0.769 bits per heavy atom. The quantitative estimate of drug-likeness (QED) is 0.762. The Labute approximate surface area is 159 Å². The van der Waals surface area contributed by atoms with Crippen molar-refractivity contribution >= 4 is 23.6 Å². The summed E-state index contributed by atoms with van der Waals surface area (Å²) in [5, 5.41) is 0. The molecule has 0 aromatic heterocycles. The lowest BCUT2D eigenvalue weighted by Crippen LogP contribution is -2.51. The predicted molar refractivity (Wildman–Crippen MR) is 105 cm³/mol. The van der Waals surface area contributed by atoms with Crippen LogP contribution >= 0.6 is 11.8 Å². The molecule has 3 rings (SSSR count). The van der Waals surface area contributed by atoms with Crippen LogP contribution in [0.25, 0.3) is 0 Å². The van der Waals surface area contributed by atoms with Gasteiger partial charge in [-0.2, -0.15) is 0 Å². The van der Waals surface area contributed by atoms with Crippen LogP contribution in [0, 0.1) is 0 Å². The van der Waals surface area contributed by atoms with Crippen LogP contribution in [-0.4, -0.2) is 54.0 Å². The Morgan fingerprint density at radius 2 is 1.23 bits per heavy atom. The summed E-state index contributed by atoms with van der Waals surface area (Å²) >= 11 is 1.70. The summed E-state index contributed by atoms with van der Waals surface area (Å²) in [4.78, 5) is 29.9. The standard InChI is InChI=1S/C21H24N2O2S/c1-26-19-9-7-18(8-10-19)16-21(25)23-13-11-22(12-14-23)20(24)15-17-5-3-2-4-6-17/h2-10H,11-16H2,1H3. The number of hydrogen-bond donors (Lipinski definition) is 0. The fourth-order valence-corrected chi connectivity index (χ4v) is 3.53. The third kappa shape index (κ3) is 4.88. The normalized spacial score (nSPS) is 14.3. The first-order valence-electron chi connectivity index (χ1n) is 8.88. The second kappa shape index (κ2) is 8.90. The van der Waals surface area contributed by atoms with Crippen molar-refractivity contribution in [3.05, 3.63) is 65.7 Å². The highest BCUT2D eigenvalue weighted by Gasteiger charge is 2.24. The summed E-state index contributed by atoms with van der Waals surface area (Å²) in [6, 6.07) is 17.9. The molecule has 0 bridgehead atoms. The Hall–Kier alpha value is -2.27. The van der Waals surface area contributed by atoms with Crippen molar-refractivity contribution in [1.82, 2.24) is 9.80 Å². The van der Waals surface area contributed by atoms with Gasteiger partial charge in [0, 0.05) is 31.1 Å². The van der Waals surface area contributed by atoms with E-state index in [4.69, 9.17) is 0 Å². The lowest BCUT2D eigenvalue weighted by atomic mass is 10.1. The van der Waals surface area contributed by atoms with E-state index in [0.29, 0.717) is 39.0 Å². The summed E-state index contributed by atoms with van der Waals surface area (Å²) in [5.74, 6) is 0.271. The summed E-state index contributed by atoms with van der Waals surface area (Å²) < 4.78 is 0. The summed E-state index contributed by atoms with van der Waals surface area (Å²) in [7, 11) is 0. The van der Waals surface area contributed by atoms with Gasteiger partial charge in [-0.05, 0) is 29.5 Å². The molecule has 2 aromatic carbocycles. The van der Waals surface area contributed by atoms with Gasteiger partial charge in [-0.3, -0.25) is 9.59 Å². The molecule has 0 spiro atoms. The molecular formula is C21H24N2O2S. The van der Waals surface area contributed by atoms with Crippen LogP contribution in [0.1, 0.15) is 11.1 Å². The maximum atomic E-state index is 12.5. The second-order valence-corrected chi connectivity index (χ2v) is 7.33. The molecule has 1 aliphatic rings. The van der Waals surface area contributed by atoms with Gasteiger partial charge in [0.1, 0.15) is 0 Å². The Bertz CT molecular complexity index is 738. The van der Waals surface area contributed by atoms with Crippen molar-refractivity contribution in [1.29, 1.82) is 0 Å². The highest BCUT2D eigenvalue weighted by molar-refractivity contribution is 7.98. The van der Waals surface area contributed by atoms with E-state index in [9.17, 15) is 9.59 Å². The second-order valence-electron chi connectivity index (χ2n) is 6.45. The average Bonchev–Trinajstić information content (AvgIpc) is 2.69. The van der Waals surface area contributed by atoms with Gasteiger partial charge in [-0.15, -0.1) is 11.8 Å². The van der Waals surface area contributed by atoms with Gasteiger partial charge in [0.05, 0.1) is 12.8 Å². The zero-order valence-corrected chi connectivity index (χ0v) is 15.9. The molecule has 0 atom stereocenters. The van der Waals surface area contributed by atoms with E-state index in [-0.39, 0.29) is 11.8 Å². The molecule has 1 heterocycles. The number of carbonyl (C=O) groups excluding carboxylic acids is 2. The summed E-state index contributed by atoms with van der Waals surface area (Å²) in [6.45, 7) is 2.45. The molecular weight excluding hydrogens is 344 g/mol. The summed E-state index contributed by atoms with van der Waals surface area (Å²) in [6.07, 6.45) is 2.89. The van der Waals surface area contributed by atoms with Crippen molar-refractivity contribution in [2.24, 2.45) is 0 Å². The van der Waals surface area contributed by atoms with E-state index in [1.54, 1.807) is 11.8 Å². The van der Waals surface area contributed by atoms with Gasteiger partial charge in [-0.25, -0.2) is 0 Å². The molecule has 1 saturated heterocycles. The molecule has 5 heteroatoms. The molecule has 1 fully saturated rings. The largest absolute Gasteiger partial charge is 0.339 e. The first-order chi connectivity index (χ1) is 12.7. The van der Waals surface area contributed by atoms with Crippen molar-refractivity contribution in [2.75, 3.05) is 32.4 Å². The van der Waals surface area contributed by atoms with Gasteiger partial charge in [0.2, 0.25) is 11.8 Å². The van der Waals surface area contributed by atoms with Gasteiger partial charge >= 0.3 is 0 Å². The van der Waals surface area contributed by atoms with E-state index in [0.717, 1.165) is 11.1 Å². The zero-order chi connectivity index (χ0) is 18.4. The smallest absolute Gasteiger partial charge is 0.227 e. The molecule has 26 heavy (non-hydrogen) atoms. The molecule has 1 aliphatic heterocycles. The lowest BCUT2D eigenvalue weighted by Gasteiger charge is -2.35. The number of amides is 2. The number of benzene rings is 2. The summed E-state index contributed by atoms with van der Waals surface area (Å²) in [5.41, 5.74) is 2.07. The Morgan fingerprint density at radius 3 is 1.69 bits per heavy atom. The molecule has 2 amide bonds. The van der Waals surface area contributed by atoms with E-state index < -0.39 is 0 Å². The van der Waals surface area contributed by atoms with Gasteiger partial charge < -0.3 is 9.80 Å². The van der Waals surface area contributed by atoms with Gasteiger partial charge in [0.25, 0.3) is 0 Å². The van der Waals surface area contributed by atoms with Crippen LogP contribution < -0.4 is 0 Å². The van der Waals surface area contributed by atoms with Crippen LogP contribution in [0.2, 0.25) is 0 Å². The van der Waals surface area contributed by atoms with Gasteiger partial charge in [0.15, 0.2) is 0 Å². The topological polar surface area (TPSA) is 40.6 Å². The van der Waals surface area contributed by atoms with Crippen molar-refractivity contribution in [3.63, 3.8) is 0 Å². The molecule has 2 aromatic rings. The van der Waals surface area contributed by atoms with E-state index >= 15 is 0 Å². The molecule has 0 radical (unpaired) electrons. The van der Waals surface area contributed by atoms with Gasteiger partial charge in [-0.1, -0.05) is 42.5 Å². The highest BCUT2D eigenvalue weighted by atomic mass is 32.2. The maximum Gasteiger partial charge on any atom is 0.227 e. The molecule has 0 unspecified atom stereocenters. The molecule has 4 nitrogen and oxygen atoms in total. The maximum absolute atomic E-state index is 12.5. The van der Waals surface area contributed by atoms with Crippen molar-refractivity contribution in [2.45, 2.75) is 17.7 Å². The Balaban J connectivity index is 1.48. The van der Waals surface area contributed by atoms with Crippen molar-refractivity contribution in [3.8, 4) is 0 Å². The third-order valence-electron chi connectivity index (χ3n) is 4.70. The number of rotatable bonds is 5. The predicted octanol–water partition coefficient (Wildman–Crippen LogP) is 2.86. The lowest BCUT2D eigenvalue weighted by molar-refractivity contribution is -0.138. The number of thioether (sulfide) groups is 1. The number of carbonyl (C=O) groups is 2. The highest BCUT2D eigenvalue weighted by Crippen LogP contribution is 2.16. The van der Waals surface area contributed by atoms with Crippen LogP contribution in [0.5, 0.6) is 0 Å². The van der Waals surface area contributed by atoms with Crippen molar-refractivity contribution < 1.29 is 9.59 Å².